The van der Waals surface area contributed by atoms with Crippen molar-refractivity contribution in [2.75, 3.05) is 38.3 Å². The normalized spacial score (nSPS) is 16.2. The number of hydrogen-bond donors (Lipinski definition) is 0. The number of fused-ring (bicyclic) bond motifs is 1. The Kier molecular flexibility index (Phi) is 5.77. The van der Waals surface area contributed by atoms with E-state index < -0.39 is 0 Å². The van der Waals surface area contributed by atoms with E-state index >= 15 is 0 Å². The summed E-state index contributed by atoms with van der Waals surface area (Å²) in [7, 11) is 1.65. The Morgan fingerprint density at radius 3 is 2.89 bits per heavy atom. The third kappa shape index (κ3) is 4.12. The molecule has 3 heterocycles. The topological polar surface area (TPSA) is 67.8 Å². The van der Waals surface area contributed by atoms with Crippen LogP contribution in [0.2, 0.25) is 0 Å². The molecule has 2 aliphatic heterocycles. The summed E-state index contributed by atoms with van der Waals surface area (Å²) in [5.41, 5.74) is 3.01. The van der Waals surface area contributed by atoms with Crippen molar-refractivity contribution in [1.82, 2.24) is 14.9 Å². The third-order valence-electron chi connectivity index (χ3n) is 5.14. The predicted molar refractivity (Wildman–Crippen MR) is 108 cm³/mol. The largest absolute Gasteiger partial charge is 0.496 e. The van der Waals surface area contributed by atoms with Crippen molar-refractivity contribution in [3.63, 3.8) is 0 Å². The molecule has 0 radical (unpaired) electrons. The molecule has 0 spiro atoms. The quantitative estimate of drug-likeness (QED) is 0.702. The maximum absolute atomic E-state index is 12.8. The van der Waals surface area contributed by atoms with Gasteiger partial charge in [0.05, 0.1) is 32.6 Å². The van der Waals surface area contributed by atoms with E-state index in [2.05, 4.69) is 25.8 Å². The van der Waals surface area contributed by atoms with Crippen LogP contribution in [-0.4, -0.2) is 54.2 Å². The minimum absolute atomic E-state index is 0.118. The van der Waals surface area contributed by atoms with Gasteiger partial charge in [-0.2, -0.15) is 0 Å². The van der Waals surface area contributed by atoms with Crippen LogP contribution in [0.25, 0.3) is 0 Å². The second-order valence-electron chi connectivity index (χ2n) is 6.95. The minimum atomic E-state index is 0.118. The molecule has 0 unspecified atom stereocenters. The number of halogens is 1. The van der Waals surface area contributed by atoms with Crippen LogP contribution in [0.15, 0.2) is 28.9 Å². The lowest BCUT2D eigenvalue weighted by atomic mass is 10.1. The number of carbonyl (C=O) groups excluding carboxylic acids is 1. The maximum atomic E-state index is 12.8. The van der Waals surface area contributed by atoms with Gasteiger partial charge in [0.2, 0.25) is 11.9 Å². The maximum Gasteiger partial charge on any atom is 0.225 e. The molecule has 1 aromatic heterocycles. The van der Waals surface area contributed by atoms with Crippen LogP contribution in [-0.2, 0) is 29.0 Å². The molecular weight excluding hydrogens is 424 g/mol. The third-order valence-corrected chi connectivity index (χ3v) is 5.63. The number of carbonyl (C=O) groups is 1. The monoisotopic (exact) mass is 446 g/mol. The lowest BCUT2D eigenvalue weighted by molar-refractivity contribution is -0.131. The molecular formula is C20H23BrN4O3. The molecule has 8 heteroatoms. The predicted octanol–water partition coefficient (Wildman–Crippen LogP) is 2.56. The Balaban J connectivity index is 1.39. The number of nitrogens with zero attached hydrogens (tertiary/aromatic N) is 4. The number of aryl methyl sites for hydroxylation is 1. The van der Waals surface area contributed by atoms with Crippen LogP contribution in [0.1, 0.15) is 23.2 Å². The van der Waals surface area contributed by atoms with E-state index in [9.17, 15) is 4.79 Å². The SMILES string of the molecule is COc1ccc(Br)cc1CCC(=O)N1Cc2cnc(N3CCOCC3)nc2C1. The average molecular weight is 447 g/mol. The number of benzene rings is 1. The first-order valence-corrected chi connectivity index (χ1v) is 10.2. The summed E-state index contributed by atoms with van der Waals surface area (Å²) in [6.45, 7) is 4.12. The van der Waals surface area contributed by atoms with Crippen molar-refractivity contribution in [3.8, 4) is 5.75 Å². The van der Waals surface area contributed by atoms with Crippen LogP contribution in [0.3, 0.4) is 0 Å². The van der Waals surface area contributed by atoms with E-state index in [0.29, 0.717) is 39.1 Å². The highest BCUT2D eigenvalue weighted by Crippen LogP contribution is 2.26. The molecule has 0 atom stereocenters. The average Bonchev–Trinajstić information content (AvgIpc) is 3.16. The smallest absolute Gasteiger partial charge is 0.225 e. The van der Waals surface area contributed by atoms with Crippen molar-refractivity contribution < 1.29 is 14.3 Å². The van der Waals surface area contributed by atoms with Crippen LogP contribution in [0.5, 0.6) is 5.75 Å². The van der Waals surface area contributed by atoms with Crippen LogP contribution < -0.4 is 9.64 Å². The van der Waals surface area contributed by atoms with Crippen molar-refractivity contribution in [1.29, 1.82) is 0 Å². The van der Waals surface area contributed by atoms with Gasteiger partial charge in [-0.25, -0.2) is 9.97 Å². The highest BCUT2D eigenvalue weighted by Gasteiger charge is 2.26. The summed E-state index contributed by atoms with van der Waals surface area (Å²) in [4.78, 5) is 25.9. The molecule has 1 aromatic carbocycles. The lowest BCUT2D eigenvalue weighted by Crippen LogP contribution is -2.37. The van der Waals surface area contributed by atoms with Gasteiger partial charge in [0.25, 0.3) is 0 Å². The summed E-state index contributed by atoms with van der Waals surface area (Å²) in [5, 5.41) is 0. The van der Waals surface area contributed by atoms with Gasteiger partial charge in [-0.1, -0.05) is 15.9 Å². The van der Waals surface area contributed by atoms with Gasteiger partial charge >= 0.3 is 0 Å². The Morgan fingerprint density at radius 2 is 2.11 bits per heavy atom. The fourth-order valence-electron chi connectivity index (χ4n) is 3.58. The summed E-state index contributed by atoms with van der Waals surface area (Å²) < 4.78 is 11.8. The number of anilines is 1. The minimum Gasteiger partial charge on any atom is -0.496 e. The van der Waals surface area contributed by atoms with E-state index in [1.807, 2.05) is 29.3 Å². The van der Waals surface area contributed by atoms with Crippen molar-refractivity contribution >= 4 is 27.8 Å². The second-order valence-corrected chi connectivity index (χ2v) is 7.86. The number of morpholine rings is 1. The molecule has 2 aliphatic rings. The molecule has 1 saturated heterocycles. The van der Waals surface area contributed by atoms with E-state index in [1.165, 1.54) is 0 Å². The van der Waals surface area contributed by atoms with Gasteiger partial charge in [-0.15, -0.1) is 0 Å². The van der Waals surface area contributed by atoms with E-state index in [0.717, 1.165) is 46.1 Å². The van der Waals surface area contributed by atoms with Gasteiger partial charge < -0.3 is 19.3 Å². The number of ether oxygens (including phenoxy) is 2. The first-order valence-electron chi connectivity index (χ1n) is 9.41. The first kappa shape index (κ1) is 19.1. The van der Waals surface area contributed by atoms with Crippen molar-refractivity contribution in [2.45, 2.75) is 25.9 Å². The lowest BCUT2D eigenvalue weighted by Gasteiger charge is -2.26. The molecule has 1 fully saturated rings. The summed E-state index contributed by atoms with van der Waals surface area (Å²) in [6.07, 6.45) is 2.93. The van der Waals surface area contributed by atoms with Gasteiger partial charge in [0, 0.05) is 42.3 Å². The fourth-order valence-corrected chi connectivity index (χ4v) is 3.99. The molecule has 4 rings (SSSR count). The number of aromatic nitrogens is 2. The molecule has 0 saturated carbocycles. The zero-order valence-corrected chi connectivity index (χ0v) is 17.4. The van der Waals surface area contributed by atoms with Gasteiger partial charge in [-0.05, 0) is 30.2 Å². The van der Waals surface area contributed by atoms with Crippen LogP contribution in [0, 0.1) is 0 Å². The number of hydrogen-bond acceptors (Lipinski definition) is 6. The van der Waals surface area contributed by atoms with Crippen LogP contribution >= 0.6 is 15.9 Å². The van der Waals surface area contributed by atoms with Gasteiger partial charge in [0.15, 0.2) is 0 Å². The number of amides is 1. The first-order chi connectivity index (χ1) is 13.6. The number of rotatable bonds is 5. The summed E-state index contributed by atoms with van der Waals surface area (Å²) in [5.74, 6) is 1.66. The summed E-state index contributed by atoms with van der Waals surface area (Å²) in [6, 6.07) is 5.86. The van der Waals surface area contributed by atoms with E-state index in [4.69, 9.17) is 14.5 Å². The van der Waals surface area contributed by atoms with Crippen LogP contribution in [0.4, 0.5) is 5.95 Å². The fraction of sp³-hybridized carbons (Fsp3) is 0.450. The molecule has 0 bridgehead atoms. The highest BCUT2D eigenvalue weighted by molar-refractivity contribution is 9.10. The summed E-state index contributed by atoms with van der Waals surface area (Å²) >= 11 is 3.48. The van der Waals surface area contributed by atoms with E-state index in [-0.39, 0.29) is 5.91 Å². The standard InChI is InChI=1S/C20H23BrN4O3/c1-27-18-4-3-16(21)10-14(18)2-5-19(26)25-12-15-11-22-20(23-17(15)13-25)24-6-8-28-9-7-24/h3-4,10-11H,2,5-9,12-13H2,1H3. The molecule has 1 amide bonds. The molecule has 148 valence electrons. The number of methoxy groups -OCH3 is 1. The molecule has 0 aliphatic carbocycles. The zero-order valence-electron chi connectivity index (χ0n) is 15.9. The van der Waals surface area contributed by atoms with Gasteiger partial charge in [-0.3, -0.25) is 4.79 Å². The Hall–Kier alpha value is -2.19. The molecule has 0 N–H and O–H groups in total. The molecule has 2 aromatic rings. The highest BCUT2D eigenvalue weighted by atomic mass is 79.9. The zero-order chi connectivity index (χ0) is 19.5. The second kappa shape index (κ2) is 8.45. The van der Waals surface area contributed by atoms with Crippen molar-refractivity contribution in [2.24, 2.45) is 0 Å². The van der Waals surface area contributed by atoms with E-state index in [1.54, 1.807) is 7.11 Å². The Labute approximate surface area is 172 Å². The van der Waals surface area contributed by atoms with Gasteiger partial charge in [0.1, 0.15) is 5.75 Å². The van der Waals surface area contributed by atoms with Crippen molar-refractivity contribution in [3.05, 3.63) is 45.7 Å². The molecule has 28 heavy (non-hydrogen) atoms. The molecule has 7 nitrogen and oxygen atoms in total. The Morgan fingerprint density at radius 1 is 1.29 bits per heavy atom. The Bertz CT molecular complexity index is 871.